The van der Waals surface area contributed by atoms with Gasteiger partial charge in [0, 0.05) is 11.8 Å². The van der Waals surface area contributed by atoms with Gasteiger partial charge < -0.3 is 5.32 Å². The summed E-state index contributed by atoms with van der Waals surface area (Å²) < 4.78 is 40.7. The highest BCUT2D eigenvalue weighted by atomic mass is 35.5. The van der Waals surface area contributed by atoms with E-state index in [1.165, 1.54) is 30.3 Å². The third-order valence-electron chi connectivity index (χ3n) is 4.14. The molecule has 0 aromatic heterocycles. The molecular formula is C20H15ClFN3O5S. The molecule has 0 fully saturated rings. The molecule has 0 spiro atoms. The molecule has 0 radical (unpaired) electrons. The van der Waals surface area contributed by atoms with Crippen LogP contribution in [0.5, 0.6) is 0 Å². The Morgan fingerprint density at radius 1 is 1.06 bits per heavy atom. The van der Waals surface area contributed by atoms with Crippen molar-refractivity contribution in [1.29, 1.82) is 0 Å². The average Bonchev–Trinajstić information content (AvgIpc) is 2.72. The zero-order valence-corrected chi connectivity index (χ0v) is 17.3. The lowest BCUT2D eigenvalue weighted by Gasteiger charge is -2.24. The molecule has 160 valence electrons. The minimum absolute atomic E-state index is 0.151. The number of nitrogens with one attached hydrogen (secondary N) is 1. The van der Waals surface area contributed by atoms with Crippen molar-refractivity contribution in [2.24, 2.45) is 0 Å². The number of anilines is 2. The molecule has 3 aromatic rings. The first-order valence-electron chi connectivity index (χ1n) is 8.75. The molecule has 0 saturated heterocycles. The largest absolute Gasteiger partial charge is 0.324 e. The Labute approximate surface area is 182 Å². The van der Waals surface area contributed by atoms with Gasteiger partial charge in [0.15, 0.2) is 0 Å². The van der Waals surface area contributed by atoms with Gasteiger partial charge in [0.1, 0.15) is 17.4 Å². The fourth-order valence-corrected chi connectivity index (χ4v) is 4.35. The van der Waals surface area contributed by atoms with Gasteiger partial charge in [0.05, 0.1) is 15.5 Å². The highest BCUT2D eigenvalue weighted by Crippen LogP contribution is 2.30. The van der Waals surface area contributed by atoms with Crippen LogP contribution < -0.4 is 9.62 Å². The smallest absolute Gasteiger partial charge is 0.289 e. The maximum Gasteiger partial charge on any atom is 0.289 e. The number of nitrogens with zero attached hydrogens (tertiary/aromatic N) is 2. The number of halogens is 2. The van der Waals surface area contributed by atoms with Crippen LogP contribution >= 0.6 is 11.6 Å². The average molecular weight is 464 g/mol. The van der Waals surface area contributed by atoms with Crippen LogP contribution in [-0.2, 0) is 14.8 Å². The third kappa shape index (κ3) is 5.16. The Hall–Kier alpha value is -3.50. The number of carbonyl (C=O) groups excluding carboxylic acids is 1. The molecule has 0 heterocycles. The van der Waals surface area contributed by atoms with Crippen LogP contribution in [0, 0.1) is 15.9 Å². The Balaban J connectivity index is 1.98. The van der Waals surface area contributed by atoms with E-state index in [4.69, 9.17) is 11.6 Å². The summed E-state index contributed by atoms with van der Waals surface area (Å²) in [5.41, 5.74) is -0.271. The SMILES string of the molecule is O=C(CN(c1ccccc1)S(=O)(=O)c1ccc(Cl)c([N+](=O)[O-])c1)Nc1cccc(F)c1. The predicted molar refractivity (Wildman–Crippen MR) is 114 cm³/mol. The number of benzene rings is 3. The number of hydrogen-bond acceptors (Lipinski definition) is 5. The standard InChI is InChI=1S/C20H15ClFN3O5S/c21-18-10-9-17(12-19(18)25(27)28)31(29,30)24(16-7-2-1-3-8-16)13-20(26)23-15-6-4-5-14(22)11-15/h1-12H,13H2,(H,23,26). The Morgan fingerprint density at radius 2 is 1.77 bits per heavy atom. The fraction of sp³-hybridized carbons (Fsp3) is 0.0500. The van der Waals surface area contributed by atoms with Gasteiger partial charge in [-0.15, -0.1) is 0 Å². The van der Waals surface area contributed by atoms with Crippen LogP contribution in [0.1, 0.15) is 0 Å². The van der Waals surface area contributed by atoms with E-state index in [0.29, 0.717) is 0 Å². The Kier molecular flexibility index (Phi) is 6.52. The van der Waals surface area contributed by atoms with E-state index in [1.807, 2.05) is 0 Å². The van der Waals surface area contributed by atoms with Gasteiger partial charge >= 0.3 is 0 Å². The van der Waals surface area contributed by atoms with Crippen molar-refractivity contribution in [2.45, 2.75) is 4.90 Å². The van der Waals surface area contributed by atoms with Gasteiger partial charge in [0.2, 0.25) is 5.91 Å². The highest BCUT2D eigenvalue weighted by Gasteiger charge is 2.29. The van der Waals surface area contributed by atoms with E-state index in [9.17, 15) is 27.7 Å². The molecule has 1 amide bonds. The summed E-state index contributed by atoms with van der Waals surface area (Å²) in [6, 6.07) is 15.9. The summed E-state index contributed by atoms with van der Waals surface area (Å²) in [5.74, 6) is -1.31. The van der Waals surface area contributed by atoms with Gasteiger partial charge in [-0.3, -0.25) is 19.2 Å². The quantitative estimate of drug-likeness (QED) is 0.416. The summed E-state index contributed by atoms with van der Waals surface area (Å²) in [5, 5.41) is 13.4. The Bertz CT molecular complexity index is 1240. The zero-order valence-electron chi connectivity index (χ0n) is 15.7. The van der Waals surface area contributed by atoms with E-state index in [0.717, 1.165) is 28.6 Å². The zero-order chi connectivity index (χ0) is 22.6. The summed E-state index contributed by atoms with van der Waals surface area (Å²) in [6.45, 7) is -0.653. The number of amides is 1. The number of nitro benzene ring substituents is 1. The minimum Gasteiger partial charge on any atom is -0.324 e. The van der Waals surface area contributed by atoms with Gasteiger partial charge in [-0.2, -0.15) is 0 Å². The van der Waals surface area contributed by atoms with Crippen LogP contribution in [0.25, 0.3) is 0 Å². The molecule has 0 aliphatic carbocycles. The van der Waals surface area contributed by atoms with E-state index in [-0.39, 0.29) is 16.4 Å². The summed E-state index contributed by atoms with van der Waals surface area (Å²) >= 11 is 5.78. The van der Waals surface area contributed by atoms with Gasteiger partial charge in [-0.25, -0.2) is 12.8 Å². The van der Waals surface area contributed by atoms with Crippen LogP contribution in [0.3, 0.4) is 0 Å². The van der Waals surface area contributed by atoms with Crippen molar-refractivity contribution in [3.8, 4) is 0 Å². The maximum atomic E-state index is 13.4. The minimum atomic E-state index is -4.39. The molecule has 0 atom stereocenters. The van der Waals surface area contributed by atoms with Crippen molar-refractivity contribution < 1.29 is 22.5 Å². The van der Waals surface area contributed by atoms with E-state index in [1.54, 1.807) is 18.2 Å². The van der Waals surface area contributed by atoms with Gasteiger partial charge in [-0.05, 0) is 42.5 Å². The monoisotopic (exact) mass is 463 g/mol. The van der Waals surface area contributed by atoms with Crippen LogP contribution in [0.15, 0.2) is 77.7 Å². The van der Waals surface area contributed by atoms with Crippen molar-refractivity contribution >= 4 is 44.6 Å². The molecule has 3 aromatic carbocycles. The van der Waals surface area contributed by atoms with E-state index in [2.05, 4.69) is 5.32 Å². The molecule has 8 nitrogen and oxygen atoms in total. The fourth-order valence-electron chi connectivity index (χ4n) is 2.73. The number of rotatable bonds is 7. The second kappa shape index (κ2) is 9.11. The number of hydrogen-bond donors (Lipinski definition) is 1. The van der Waals surface area contributed by atoms with Crippen molar-refractivity contribution in [1.82, 2.24) is 0 Å². The topological polar surface area (TPSA) is 110 Å². The molecule has 0 saturated carbocycles. The van der Waals surface area contributed by atoms with Crippen molar-refractivity contribution in [3.63, 3.8) is 0 Å². The summed E-state index contributed by atoms with van der Waals surface area (Å²) in [6.07, 6.45) is 0. The summed E-state index contributed by atoms with van der Waals surface area (Å²) in [4.78, 5) is 22.5. The first-order valence-corrected chi connectivity index (χ1v) is 10.6. The van der Waals surface area contributed by atoms with Gasteiger partial charge in [-0.1, -0.05) is 35.9 Å². The second-order valence-electron chi connectivity index (χ2n) is 6.28. The molecule has 3 rings (SSSR count). The Morgan fingerprint density at radius 3 is 2.42 bits per heavy atom. The van der Waals surface area contributed by atoms with Crippen LogP contribution in [0.4, 0.5) is 21.5 Å². The highest BCUT2D eigenvalue weighted by molar-refractivity contribution is 7.92. The third-order valence-corrected chi connectivity index (χ3v) is 6.23. The number of sulfonamides is 1. The normalized spacial score (nSPS) is 11.0. The molecule has 0 aliphatic heterocycles. The van der Waals surface area contributed by atoms with E-state index >= 15 is 0 Å². The summed E-state index contributed by atoms with van der Waals surface area (Å²) in [7, 11) is -4.39. The molecule has 11 heteroatoms. The molecule has 0 aliphatic rings. The molecule has 0 unspecified atom stereocenters. The number of carbonyl (C=O) groups is 1. The van der Waals surface area contributed by atoms with Crippen molar-refractivity contribution in [3.05, 3.63) is 93.8 Å². The first kappa shape index (κ1) is 22.2. The lowest BCUT2D eigenvalue weighted by atomic mass is 10.3. The lowest BCUT2D eigenvalue weighted by molar-refractivity contribution is -0.384. The van der Waals surface area contributed by atoms with Crippen molar-refractivity contribution in [2.75, 3.05) is 16.2 Å². The molecule has 0 bridgehead atoms. The lowest BCUT2D eigenvalue weighted by Crippen LogP contribution is -2.38. The van der Waals surface area contributed by atoms with E-state index < -0.39 is 43.8 Å². The van der Waals surface area contributed by atoms with Gasteiger partial charge in [0.25, 0.3) is 15.7 Å². The molecular weight excluding hydrogens is 449 g/mol. The maximum absolute atomic E-state index is 13.4. The number of para-hydroxylation sites is 1. The molecule has 1 N–H and O–H groups in total. The first-order chi connectivity index (χ1) is 14.7. The second-order valence-corrected chi connectivity index (χ2v) is 8.55. The van der Waals surface area contributed by atoms with Crippen LogP contribution in [0.2, 0.25) is 5.02 Å². The molecule has 31 heavy (non-hydrogen) atoms. The predicted octanol–water partition coefficient (Wildman–Crippen LogP) is 4.22. The van der Waals surface area contributed by atoms with Crippen LogP contribution in [-0.4, -0.2) is 25.8 Å². The number of nitro groups is 1.